The molecule has 2 N–H and O–H groups in total. The van der Waals surface area contributed by atoms with E-state index in [1.165, 1.54) is 0 Å². The van der Waals surface area contributed by atoms with E-state index in [-0.39, 0.29) is 6.04 Å². The number of hydrogen-bond acceptors (Lipinski definition) is 4. The zero-order valence-electron chi connectivity index (χ0n) is 8.93. The molecule has 1 atom stereocenters. The van der Waals surface area contributed by atoms with E-state index in [0.717, 1.165) is 18.7 Å². The average Bonchev–Trinajstić information content (AvgIpc) is 2.87. The summed E-state index contributed by atoms with van der Waals surface area (Å²) < 4.78 is 7.05. The van der Waals surface area contributed by atoms with E-state index in [9.17, 15) is 0 Å². The molecule has 2 heterocycles. The van der Waals surface area contributed by atoms with Crippen molar-refractivity contribution in [3.8, 4) is 0 Å². The molecule has 0 aliphatic carbocycles. The van der Waals surface area contributed by atoms with Crippen LogP contribution in [0.1, 0.15) is 30.8 Å². The quantitative estimate of drug-likeness (QED) is 0.887. The van der Waals surface area contributed by atoms with Crippen LogP contribution in [0.15, 0.2) is 22.7 Å². The van der Waals surface area contributed by atoms with Crippen LogP contribution in [-0.2, 0) is 6.54 Å². The summed E-state index contributed by atoms with van der Waals surface area (Å²) in [6.07, 6.45) is 2.62. The van der Waals surface area contributed by atoms with E-state index < -0.39 is 0 Å². The van der Waals surface area contributed by atoms with Crippen LogP contribution in [0.5, 0.6) is 0 Å². The Hall–Kier alpha value is -1.33. The highest BCUT2D eigenvalue weighted by molar-refractivity contribution is 6.28. The number of aryl methyl sites for hydroxylation is 1. The number of furan rings is 1. The van der Waals surface area contributed by atoms with Crippen molar-refractivity contribution < 1.29 is 4.42 Å². The minimum Gasteiger partial charge on any atom is -0.448 e. The van der Waals surface area contributed by atoms with Gasteiger partial charge in [-0.05, 0) is 30.2 Å². The van der Waals surface area contributed by atoms with Crippen LogP contribution in [-0.4, -0.2) is 15.0 Å². The Morgan fingerprint density at radius 2 is 2.38 bits per heavy atom. The van der Waals surface area contributed by atoms with Crippen LogP contribution < -0.4 is 5.73 Å². The van der Waals surface area contributed by atoms with Gasteiger partial charge in [-0.25, -0.2) is 4.68 Å². The molecule has 6 heteroatoms. The zero-order chi connectivity index (χ0) is 11.5. The number of halogens is 1. The first-order valence-corrected chi connectivity index (χ1v) is 5.49. The standard InChI is InChI=1S/C10H13ClN4O/c1-2-5-15-7(6-13-14-15)10(12)8-3-4-9(11)16-8/h3-4,6,10H,2,5,12H2,1H3. The summed E-state index contributed by atoms with van der Waals surface area (Å²) in [5.41, 5.74) is 6.88. The summed E-state index contributed by atoms with van der Waals surface area (Å²) in [7, 11) is 0. The van der Waals surface area contributed by atoms with Gasteiger partial charge in [0.1, 0.15) is 11.8 Å². The van der Waals surface area contributed by atoms with Crippen molar-refractivity contribution in [2.45, 2.75) is 25.9 Å². The molecule has 0 amide bonds. The molecule has 2 aromatic rings. The summed E-state index contributed by atoms with van der Waals surface area (Å²) in [6.45, 7) is 2.86. The SMILES string of the molecule is CCCn1nncc1C(N)c1ccc(Cl)o1. The lowest BCUT2D eigenvalue weighted by Crippen LogP contribution is -2.17. The summed E-state index contributed by atoms with van der Waals surface area (Å²) in [5.74, 6) is 0.615. The van der Waals surface area contributed by atoms with E-state index in [4.69, 9.17) is 21.8 Å². The third kappa shape index (κ3) is 2.10. The highest BCUT2D eigenvalue weighted by atomic mass is 35.5. The molecule has 0 spiro atoms. The van der Waals surface area contributed by atoms with E-state index in [0.29, 0.717) is 11.0 Å². The van der Waals surface area contributed by atoms with E-state index >= 15 is 0 Å². The van der Waals surface area contributed by atoms with Crippen LogP contribution in [0.4, 0.5) is 0 Å². The van der Waals surface area contributed by atoms with Crippen molar-refractivity contribution in [3.63, 3.8) is 0 Å². The molecule has 0 aliphatic heterocycles. The van der Waals surface area contributed by atoms with Gasteiger partial charge in [0.05, 0.1) is 11.9 Å². The molecule has 5 nitrogen and oxygen atoms in total. The van der Waals surface area contributed by atoms with Gasteiger partial charge in [0, 0.05) is 6.54 Å². The first-order valence-electron chi connectivity index (χ1n) is 5.11. The Labute approximate surface area is 98.2 Å². The first-order chi connectivity index (χ1) is 7.72. The van der Waals surface area contributed by atoms with Crippen molar-refractivity contribution in [1.29, 1.82) is 0 Å². The van der Waals surface area contributed by atoms with Crippen LogP contribution in [0.3, 0.4) is 0 Å². The highest BCUT2D eigenvalue weighted by Crippen LogP contribution is 2.23. The lowest BCUT2D eigenvalue weighted by Gasteiger charge is -2.10. The van der Waals surface area contributed by atoms with Crippen LogP contribution >= 0.6 is 11.6 Å². The second kappa shape index (κ2) is 4.67. The molecule has 2 rings (SSSR count). The van der Waals surface area contributed by atoms with E-state index in [1.807, 2.05) is 0 Å². The maximum Gasteiger partial charge on any atom is 0.193 e. The van der Waals surface area contributed by atoms with Crippen molar-refractivity contribution >= 4 is 11.6 Å². The first kappa shape index (κ1) is 11.2. The Bertz CT molecular complexity index is 465. The monoisotopic (exact) mass is 240 g/mol. The van der Waals surface area contributed by atoms with Crippen molar-refractivity contribution in [3.05, 3.63) is 35.0 Å². The molecule has 0 radical (unpaired) electrons. The smallest absolute Gasteiger partial charge is 0.193 e. The molecule has 2 aromatic heterocycles. The fourth-order valence-corrected chi connectivity index (χ4v) is 1.69. The normalized spacial score (nSPS) is 12.9. The third-order valence-electron chi connectivity index (χ3n) is 2.30. The Morgan fingerprint density at radius 1 is 1.56 bits per heavy atom. The minimum absolute atomic E-state index is 0.333. The van der Waals surface area contributed by atoms with Gasteiger partial charge in [-0.15, -0.1) is 5.10 Å². The number of nitrogens with two attached hydrogens (primary N) is 1. The maximum absolute atomic E-state index is 6.05. The predicted octanol–water partition coefficient (Wildman–Crippen LogP) is 1.98. The van der Waals surface area contributed by atoms with Crippen molar-refractivity contribution in [1.82, 2.24) is 15.0 Å². The van der Waals surface area contributed by atoms with E-state index in [1.54, 1.807) is 23.0 Å². The number of aromatic nitrogens is 3. The predicted molar refractivity (Wildman–Crippen MR) is 60.1 cm³/mol. The largest absolute Gasteiger partial charge is 0.448 e. The van der Waals surface area contributed by atoms with Gasteiger partial charge in [-0.3, -0.25) is 0 Å². The van der Waals surface area contributed by atoms with Crippen molar-refractivity contribution in [2.75, 3.05) is 0 Å². The maximum atomic E-state index is 6.05. The summed E-state index contributed by atoms with van der Waals surface area (Å²) in [4.78, 5) is 0. The van der Waals surface area contributed by atoms with E-state index in [2.05, 4.69) is 17.2 Å². The molecule has 0 aromatic carbocycles. The van der Waals surface area contributed by atoms with Crippen LogP contribution in [0.25, 0.3) is 0 Å². The van der Waals surface area contributed by atoms with Gasteiger partial charge in [0.2, 0.25) is 0 Å². The highest BCUT2D eigenvalue weighted by Gasteiger charge is 2.17. The molecule has 0 fully saturated rings. The molecular formula is C10H13ClN4O. The summed E-state index contributed by atoms with van der Waals surface area (Å²) in [5, 5.41) is 8.16. The average molecular weight is 241 g/mol. The summed E-state index contributed by atoms with van der Waals surface area (Å²) >= 11 is 5.71. The van der Waals surface area contributed by atoms with Gasteiger partial charge in [0.25, 0.3) is 0 Å². The lowest BCUT2D eigenvalue weighted by atomic mass is 10.2. The van der Waals surface area contributed by atoms with Crippen LogP contribution in [0.2, 0.25) is 5.22 Å². The zero-order valence-corrected chi connectivity index (χ0v) is 9.68. The fourth-order valence-electron chi connectivity index (χ4n) is 1.53. The molecule has 0 bridgehead atoms. The fraction of sp³-hybridized carbons (Fsp3) is 0.400. The van der Waals surface area contributed by atoms with Gasteiger partial charge in [0.15, 0.2) is 5.22 Å². The minimum atomic E-state index is -0.381. The van der Waals surface area contributed by atoms with Crippen molar-refractivity contribution in [2.24, 2.45) is 5.73 Å². The second-order valence-electron chi connectivity index (χ2n) is 3.50. The molecule has 1 unspecified atom stereocenters. The molecule has 0 saturated carbocycles. The lowest BCUT2D eigenvalue weighted by molar-refractivity contribution is 0.468. The van der Waals surface area contributed by atoms with Gasteiger partial charge >= 0.3 is 0 Å². The molecule has 0 aliphatic rings. The Kier molecular flexibility index (Phi) is 3.26. The number of nitrogens with zero attached hydrogens (tertiary/aromatic N) is 3. The Balaban J connectivity index is 2.26. The molecule has 0 saturated heterocycles. The molecule has 16 heavy (non-hydrogen) atoms. The second-order valence-corrected chi connectivity index (χ2v) is 3.87. The Morgan fingerprint density at radius 3 is 3.00 bits per heavy atom. The third-order valence-corrected chi connectivity index (χ3v) is 2.51. The number of rotatable bonds is 4. The van der Waals surface area contributed by atoms with Crippen LogP contribution in [0, 0.1) is 0 Å². The molecule has 86 valence electrons. The molecular weight excluding hydrogens is 228 g/mol. The van der Waals surface area contributed by atoms with Gasteiger partial charge in [-0.1, -0.05) is 12.1 Å². The number of hydrogen-bond donors (Lipinski definition) is 1. The van der Waals surface area contributed by atoms with Gasteiger partial charge in [-0.2, -0.15) is 0 Å². The topological polar surface area (TPSA) is 69.9 Å². The van der Waals surface area contributed by atoms with Gasteiger partial charge < -0.3 is 10.2 Å². The summed E-state index contributed by atoms with van der Waals surface area (Å²) in [6, 6.07) is 3.05.